The molecule has 2 aliphatic rings. The van der Waals surface area contributed by atoms with Crippen molar-refractivity contribution in [3.63, 3.8) is 0 Å². The zero-order valence-electron chi connectivity index (χ0n) is 10.5. The number of hydrogen-bond acceptors (Lipinski definition) is 3. The molecule has 17 heavy (non-hydrogen) atoms. The lowest BCUT2D eigenvalue weighted by Gasteiger charge is -2.29. The molecule has 0 aromatic rings. The molecule has 1 aliphatic carbocycles. The minimum absolute atomic E-state index is 0.0339. The molecule has 1 unspecified atom stereocenters. The van der Waals surface area contributed by atoms with Crippen LogP contribution >= 0.6 is 0 Å². The van der Waals surface area contributed by atoms with Crippen molar-refractivity contribution < 1.29 is 9.53 Å². The molecule has 1 saturated heterocycles. The Morgan fingerprint density at radius 1 is 1.00 bits per heavy atom. The molecule has 0 bridgehead atoms. The number of carbonyl (C=O) groups excluding carboxylic acids is 1. The second kappa shape index (κ2) is 6.21. The molecule has 98 valence electrons. The molecule has 2 fully saturated rings. The van der Waals surface area contributed by atoms with Gasteiger partial charge in [0, 0.05) is 18.7 Å². The van der Waals surface area contributed by atoms with Crippen LogP contribution in [0.1, 0.15) is 32.1 Å². The summed E-state index contributed by atoms with van der Waals surface area (Å²) in [5, 5.41) is 9.31. The molecule has 0 spiro atoms. The van der Waals surface area contributed by atoms with Gasteiger partial charge in [-0.1, -0.05) is 0 Å². The molecule has 1 aliphatic heterocycles. The highest BCUT2D eigenvalue weighted by Gasteiger charge is 2.23. The lowest BCUT2D eigenvalue weighted by Crippen LogP contribution is -2.48. The van der Waals surface area contributed by atoms with Gasteiger partial charge in [-0.2, -0.15) is 0 Å². The van der Waals surface area contributed by atoms with Gasteiger partial charge in [0.05, 0.1) is 12.6 Å². The molecule has 0 radical (unpaired) electrons. The normalized spacial score (nSPS) is 33.4. The summed E-state index contributed by atoms with van der Waals surface area (Å²) in [6, 6.07) is 1.12. The van der Waals surface area contributed by atoms with E-state index in [1.807, 2.05) is 7.05 Å². The number of rotatable bonds is 3. The Balaban J connectivity index is 1.65. The first-order valence-electron chi connectivity index (χ1n) is 6.60. The fraction of sp³-hybridized carbons (Fsp3) is 0.917. The number of ether oxygens (including phenoxy) is 1. The van der Waals surface area contributed by atoms with Gasteiger partial charge in [0.2, 0.25) is 0 Å². The summed E-state index contributed by atoms with van der Waals surface area (Å²) in [6.07, 6.45) is 5.36. The van der Waals surface area contributed by atoms with Crippen LogP contribution < -0.4 is 16.0 Å². The van der Waals surface area contributed by atoms with Crippen molar-refractivity contribution in [1.29, 1.82) is 0 Å². The molecule has 2 rings (SSSR count). The van der Waals surface area contributed by atoms with Crippen LogP contribution in [0.4, 0.5) is 4.79 Å². The van der Waals surface area contributed by atoms with E-state index in [1.165, 1.54) is 0 Å². The Morgan fingerprint density at radius 2 is 1.65 bits per heavy atom. The van der Waals surface area contributed by atoms with Crippen molar-refractivity contribution in [1.82, 2.24) is 16.0 Å². The van der Waals surface area contributed by atoms with E-state index < -0.39 is 0 Å². The highest BCUT2D eigenvalue weighted by molar-refractivity contribution is 5.74. The van der Waals surface area contributed by atoms with Crippen LogP contribution in [0, 0.1) is 0 Å². The maximum atomic E-state index is 11.7. The van der Waals surface area contributed by atoms with E-state index in [4.69, 9.17) is 4.74 Å². The van der Waals surface area contributed by atoms with E-state index in [2.05, 4.69) is 16.0 Å². The summed E-state index contributed by atoms with van der Waals surface area (Å²) in [6.45, 7) is 1.41. The van der Waals surface area contributed by atoms with Crippen molar-refractivity contribution in [2.24, 2.45) is 0 Å². The van der Waals surface area contributed by atoms with Gasteiger partial charge in [0.25, 0.3) is 0 Å². The van der Waals surface area contributed by atoms with Crippen molar-refractivity contribution in [2.75, 3.05) is 20.3 Å². The van der Waals surface area contributed by atoms with Crippen molar-refractivity contribution in [2.45, 2.75) is 50.2 Å². The predicted molar refractivity (Wildman–Crippen MR) is 66.0 cm³/mol. The highest BCUT2D eigenvalue weighted by Crippen LogP contribution is 2.18. The summed E-state index contributed by atoms with van der Waals surface area (Å²) < 4.78 is 5.23. The molecule has 3 N–H and O–H groups in total. The SMILES string of the molecule is CNC1CCC(NC(=O)NC2CCOC2)CC1. The number of nitrogens with one attached hydrogen (secondary N) is 3. The van der Waals surface area contributed by atoms with Crippen molar-refractivity contribution in [3.8, 4) is 0 Å². The molecule has 1 atom stereocenters. The molecule has 5 nitrogen and oxygen atoms in total. The number of amides is 2. The highest BCUT2D eigenvalue weighted by atomic mass is 16.5. The first-order valence-corrected chi connectivity index (χ1v) is 6.60. The number of carbonyl (C=O) groups is 1. The molecule has 0 aromatic carbocycles. The number of hydrogen-bond donors (Lipinski definition) is 3. The van der Waals surface area contributed by atoms with Gasteiger partial charge in [-0.15, -0.1) is 0 Å². The third-order valence-electron chi connectivity index (χ3n) is 3.74. The molecule has 2 amide bonds. The molecule has 0 aromatic heterocycles. The first-order chi connectivity index (χ1) is 8.28. The average Bonchev–Trinajstić information content (AvgIpc) is 2.82. The van der Waals surface area contributed by atoms with Crippen LogP contribution in [0.5, 0.6) is 0 Å². The smallest absolute Gasteiger partial charge is 0.315 e. The second-order valence-electron chi connectivity index (χ2n) is 5.02. The minimum Gasteiger partial charge on any atom is -0.379 e. The second-order valence-corrected chi connectivity index (χ2v) is 5.02. The third-order valence-corrected chi connectivity index (χ3v) is 3.74. The maximum Gasteiger partial charge on any atom is 0.315 e. The monoisotopic (exact) mass is 241 g/mol. The van der Waals surface area contributed by atoms with E-state index in [0.29, 0.717) is 18.7 Å². The van der Waals surface area contributed by atoms with Crippen LogP contribution in [0.25, 0.3) is 0 Å². The Bertz CT molecular complexity index is 246. The lowest BCUT2D eigenvalue weighted by atomic mass is 9.91. The largest absolute Gasteiger partial charge is 0.379 e. The standard InChI is InChI=1S/C12H23N3O2/c1-13-9-2-4-10(5-3-9)14-12(16)15-11-6-7-17-8-11/h9-11,13H,2-8H2,1H3,(H2,14,15,16). The van der Waals surface area contributed by atoms with E-state index in [-0.39, 0.29) is 12.1 Å². The Labute approximate surface area is 103 Å². The Morgan fingerprint density at radius 3 is 2.24 bits per heavy atom. The lowest BCUT2D eigenvalue weighted by molar-refractivity contribution is 0.187. The quantitative estimate of drug-likeness (QED) is 0.678. The van der Waals surface area contributed by atoms with Gasteiger partial charge in [0.1, 0.15) is 0 Å². The average molecular weight is 241 g/mol. The predicted octanol–water partition coefficient (Wildman–Crippen LogP) is 0.605. The van der Waals surface area contributed by atoms with Crippen molar-refractivity contribution >= 4 is 6.03 Å². The van der Waals surface area contributed by atoms with E-state index in [9.17, 15) is 4.79 Å². The van der Waals surface area contributed by atoms with E-state index in [0.717, 1.165) is 38.7 Å². The fourth-order valence-corrected chi connectivity index (χ4v) is 2.59. The molecule has 5 heteroatoms. The van der Waals surface area contributed by atoms with Gasteiger partial charge in [-0.3, -0.25) is 0 Å². The molecule has 1 saturated carbocycles. The maximum absolute atomic E-state index is 11.7. The van der Waals surface area contributed by atoms with E-state index in [1.54, 1.807) is 0 Å². The van der Waals surface area contributed by atoms with Crippen molar-refractivity contribution in [3.05, 3.63) is 0 Å². The van der Waals surface area contributed by atoms with Crippen LogP contribution in [-0.4, -0.2) is 44.4 Å². The van der Waals surface area contributed by atoms with Gasteiger partial charge in [-0.25, -0.2) is 4.79 Å². The summed E-state index contributed by atoms with van der Waals surface area (Å²) in [5.74, 6) is 0. The van der Waals surface area contributed by atoms with Gasteiger partial charge in [0.15, 0.2) is 0 Å². The first kappa shape index (κ1) is 12.6. The van der Waals surface area contributed by atoms with Crippen LogP contribution in [-0.2, 0) is 4.74 Å². The minimum atomic E-state index is -0.0339. The Hall–Kier alpha value is -0.810. The van der Waals surface area contributed by atoms with Crippen LogP contribution in [0.15, 0.2) is 0 Å². The van der Waals surface area contributed by atoms with Gasteiger partial charge < -0.3 is 20.7 Å². The summed E-state index contributed by atoms with van der Waals surface area (Å²) in [7, 11) is 2.01. The summed E-state index contributed by atoms with van der Waals surface area (Å²) in [5.41, 5.74) is 0. The summed E-state index contributed by atoms with van der Waals surface area (Å²) in [4.78, 5) is 11.7. The third kappa shape index (κ3) is 3.85. The topological polar surface area (TPSA) is 62.4 Å². The zero-order chi connectivity index (χ0) is 12.1. The number of urea groups is 1. The van der Waals surface area contributed by atoms with Gasteiger partial charge in [-0.05, 0) is 39.2 Å². The van der Waals surface area contributed by atoms with Crippen LogP contribution in [0.3, 0.4) is 0 Å². The van der Waals surface area contributed by atoms with Crippen LogP contribution in [0.2, 0.25) is 0 Å². The summed E-state index contributed by atoms with van der Waals surface area (Å²) >= 11 is 0. The molecular formula is C12H23N3O2. The molecular weight excluding hydrogens is 218 g/mol. The zero-order valence-corrected chi connectivity index (χ0v) is 10.5. The van der Waals surface area contributed by atoms with E-state index >= 15 is 0 Å². The molecule has 1 heterocycles. The Kier molecular flexibility index (Phi) is 4.62. The van der Waals surface area contributed by atoms with Gasteiger partial charge >= 0.3 is 6.03 Å². The fourth-order valence-electron chi connectivity index (χ4n) is 2.59.